The van der Waals surface area contributed by atoms with E-state index in [0.717, 1.165) is 27.1 Å². The maximum absolute atomic E-state index is 10.3. The molecule has 0 spiro atoms. The Bertz CT molecular complexity index is 1120. The van der Waals surface area contributed by atoms with Gasteiger partial charge < -0.3 is 14.2 Å². The van der Waals surface area contributed by atoms with Crippen LogP contribution in [0.15, 0.2) is 76.5 Å². The summed E-state index contributed by atoms with van der Waals surface area (Å²) in [5, 5.41) is 10.3. The molecule has 0 atom stereocenters. The summed E-state index contributed by atoms with van der Waals surface area (Å²) in [7, 11) is 1.51. The van der Waals surface area contributed by atoms with E-state index >= 15 is 0 Å². The molecule has 1 N–H and O–H groups in total. The van der Waals surface area contributed by atoms with Crippen molar-refractivity contribution in [2.75, 3.05) is 7.11 Å². The van der Waals surface area contributed by atoms with Gasteiger partial charge >= 0.3 is 0 Å². The second kappa shape index (κ2) is 7.25. The molecule has 134 valence electrons. The number of benzene rings is 2. The molecule has 0 saturated carbocycles. The Morgan fingerprint density at radius 3 is 2.85 bits per heavy atom. The number of pyridine rings is 1. The number of phenolic OH excluding ortho intramolecular Hbond substituents is 1. The van der Waals surface area contributed by atoms with Crippen molar-refractivity contribution in [2.45, 2.75) is 0 Å². The number of aromatic nitrogens is 2. The molecule has 2 aromatic carbocycles. The van der Waals surface area contributed by atoms with Crippen LogP contribution in [-0.4, -0.2) is 27.8 Å². The molecule has 2 aromatic heterocycles. The van der Waals surface area contributed by atoms with Gasteiger partial charge in [-0.3, -0.25) is 4.99 Å². The molecule has 0 aliphatic heterocycles. The summed E-state index contributed by atoms with van der Waals surface area (Å²) in [4.78, 5) is 9.14. The fourth-order valence-corrected chi connectivity index (χ4v) is 3.27. The molecule has 0 radical (unpaired) electrons. The topological polar surface area (TPSA) is 59.1 Å². The summed E-state index contributed by atoms with van der Waals surface area (Å²) in [5.41, 5.74) is 4.09. The van der Waals surface area contributed by atoms with Crippen LogP contribution >= 0.6 is 15.9 Å². The van der Waals surface area contributed by atoms with Crippen LogP contribution in [0.4, 0.5) is 5.69 Å². The Morgan fingerprint density at radius 1 is 1.15 bits per heavy atom. The Labute approximate surface area is 164 Å². The van der Waals surface area contributed by atoms with E-state index < -0.39 is 0 Å². The molecular formula is C21H16BrN3O2. The minimum Gasteiger partial charge on any atom is -0.504 e. The van der Waals surface area contributed by atoms with Crippen LogP contribution in [0.1, 0.15) is 5.56 Å². The number of ether oxygens (including phenoxy) is 1. The predicted octanol–water partition coefficient (Wildman–Crippen LogP) is 5.23. The van der Waals surface area contributed by atoms with Gasteiger partial charge in [0.05, 0.1) is 18.5 Å². The zero-order valence-corrected chi connectivity index (χ0v) is 16.1. The lowest BCUT2D eigenvalue weighted by atomic mass is 10.1. The number of fused-ring (bicyclic) bond motifs is 1. The summed E-state index contributed by atoms with van der Waals surface area (Å²) in [6.45, 7) is 0. The standard InChI is InChI=1S/C21H16BrN3O2/c1-27-19-11-16(22)9-15(21(19)26)12-23-17-6-4-5-14(10-17)18-13-25-8-3-2-7-20(25)24-18/h2-13,26H,1H3. The SMILES string of the molecule is COc1cc(Br)cc(C=Nc2cccc(-c3cn4ccccc4n3)c2)c1O. The molecule has 4 rings (SSSR count). The molecule has 0 fully saturated rings. The smallest absolute Gasteiger partial charge is 0.166 e. The van der Waals surface area contributed by atoms with Gasteiger partial charge in [-0.15, -0.1) is 0 Å². The third-order valence-electron chi connectivity index (χ3n) is 4.15. The number of halogens is 1. The largest absolute Gasteiger partial charge is 0.504 e. The quantitative estimate of drug-likeness (QED) is 0.459. The Kier molecular flexibility index (Phi) is 4.64. The van der Waals surface area contributed by atoms with Crippen molar-refractivity contribution in [3.05, 3.63) is 77.0 Å². The summed E-state index contributed by atoms with van der Waals surface area (Å²) in [5.74, 6) is 0.449. The summed E-state index contributed by atoms with van der Waals surface area (Å²) in [6.07, 6.45) is 5.58. The number of phenols is 1. The first-order valence-electron chi connectivity index (χ1n) is 8.29. The van der Waals surface area contributed by atoms with Crippen molar-refractivity contribution >= 4 is 33.5 Å². The number of hydrogen-bond donors (Lipinski definition) is 1. The van der Waals surface area contributed by atoms with Gasteiger partial charge in [0.2, 0.25) is 0 Å². The number of rotatable bonds is 4. The molecule has 0 unspecified atom stereocenters. The van der Waals surface area contributed by atoms with Crippen LogP contribution in [0.25, 0.3) is 16.9 Å². The van der Waals surface area contributed by atoms with E-state index in [0.29, 0.717) is 11.3 Å². The maximum atomic E-state index is 10.3. The number of nitrogens with zero attached hydrogens (tertiary/aromatic N) is 3. The van der Waals surface area contributed by atoms with Crippen molar-refractivity contribution in [2.24, 2.45) is 4.99 Å². The van der Waals surface area contributed by atoms with Crippen molar-refractivity contribution in [3.63, 3.8) is 0 Å². The van der Waals surface area contributed by atoms with Gasteiger partial charge in [0.25, 0.3) is 0 Å². The lowest BCUT2D eigenvalue weighted by molar-refractivity contribution is 0.373. The molecule has 2 heterocycles. The van der Waals surface area contributed by atoms with Crippen molar-refractivity contribution in [1.82, 2.24) is 9.38 Å². The Hall–Kier alpha value is -3.12. The highest BCUT2D eigenvalue weighted by molar-refractivity contribution is 9.10. The number of aromatic hydroxyl groups is 1. The second-order valence-corrected chi connectivity index (χ2v) is 6.86. The van der Waals surface area contributed by atoms with Crippen LogP contribution in [0.5, 0.6) is 11.5 Å². The zero-order valence-electron chi connectivity index (χ0n) is 14.5. The van der Waals surface area contributed by atoms with Crippen LogP contribution in [-0.2, 0) is 0 Å². The minimum atomic E-state index is 0.0564. The molecule has 0 amide bonds. The molecular weight excluding hydrogens is 406 g/mol. The van der Waals surface area contributed by atoms with E-state index in [9.17, 15) is 5.11 Å². The average Bonchev–Trinajstić information content (AvgIpc) is 3.13. The fourth-order valence-electron chi connectivity index (χ4n) is 2.81. The fraction of sp³-hybridized carbons (Fsp3) is 0.0476. The van der Waals surface area contributed by atoms with E-state index in [1.54, 1.807) is 18.3 Å². The summed E-state index contributed by atoms with van der Waals surface area (Å²) >= 11 is 3.41. The maximum Gasteiger partial charge on any atom is 0.166 e. The third kappa shape index (κ3) is 3.57. The van der Waals surface area contributed by atoms with Gasteiger partial charge in [-0.25, -0.2) is 4.98 Å². The predicted molar refractivity (Wildman–Crippen MR) is 110 cm³/mol. The second-order valence-electron chi connectivity index (χ2n) is 5.95. The van der Waals surface area contributed by atoms with Crippen LogP contribution < -0.4 is 4.74 Å². The molecule has 0 aliphatic carbocycles. The summed E-state index contributed by atoms with van der Waals surface area (Å²) in [6, 6.07) is 17.2. The monoisotopic (exact) mass is 421 g/mol. The Morgan fingerprint density at radius 2 is 2.04 bits per heavy atom. The lowest BCUT2D eigenvalue weighted by Gasteiger charge is -2.06. The van der Waals surface area contributed by atoms with E-state index in [1.165, 1.54) is 7.11 Å². The van der Waals surface area contributed by atoms with Crippen LogP contribution in [0, 0.1) is 0 Å². The highest BCUT2D eigenvalue weighted by atomic mass is 79.9. The number of hydrogen-bond acceptors (Lipinski definition) is 4. The van der Waals surface area contributed by atoms with Gasteiger partial charge in [-0.1, -0.05) is 34.1 Å². The van der Waals surface area contributed by atoms with E-state index in [2.05, 4.69) is 25.9 Å². The van der Waals surface area contributed by atoms with E-state index in [1.807, 2.05) is 59.3 Å². The zero-order chi connectivity index (χ0) is 18.8. The first-order valence-corrected chi connectivity index (χ1v) is 9.08. The van der Waals surface area contributed by atoms with Crippen molar-refractivity contribution in [3.8, 4) is 22.8 Å². The first kappa shape index (κ1) is 17.3. The lowest BCUT2D eigenvalue weighted by Crippen LogP contribution is -1.89. The number of imidazole rings is 1. The van der Waals surface area contributed by atoms with Gasteiger partial charge in [0.1, 0.15) is 5.65 Å². The number of methoxy groups -OCH3 is 1. The van der Waals surface area contributed by atoms with E-state index in [4.69, 9.17) is 4.74 Å². The van der Waals surface area contributed by atoms with Crippen molar-refractivity contribution in [1.29, 1.82) is 0 Å². The normalized spacial score (nSPS) is 11.3. The first-order chi connectivity index (χ1) is 13.1. The van der Waals surface area contributed by atoms with Crippen LogP contribution in [0.3, 0.4) is 0 Å². The summed E-state index contributed by atoms with van der Waals surface area (Å²) < 4.78 is 7.96. The molecule has 5 nitrogen and oxygen atoms in total. The van der Waals surface area contributed by atoms with Crippen LogP contribution in [0.2, 0.25) is 0 Å². The van der Waals surface area contributed by atoms with E-state index in [-0.39, 0.29) is 5.75 Å². The van der Waals surface area contributed by atoms with Gasteiger partial charge in [0.15, 0.2) is 11.5 Å². The Balaban J connectivity index is 1.67. The minimum absolute atomic E-state index is 0.0564. The molecule has 6 heteroatoms. The van der Waals surface area contributed by atoms with Crippen molar-refractivity contribution < 1.29 is 9.84 Å². The average molecular weight is 422 g/mol. The van der Waals surface area contributed by atoms with Gasteiger partial charge in [0, 0.05) is 34.2 Å². The molecule has 4 aromatic rings. The molecule has 0 aliphatic rings. The number of aliphatic imine (C=N–C) groups is 1. The third-order valence-corrected chi connectivity index (χ3v) is 4.61. The highest BCUT2D eigenvalue weighted by Crippen LogP contribution is 2.33. The van der Waals surface area contributed by atoms with Gasteiger partial charge in [-0.2, -0.15) is 0 Å². The molecule has 27 heavy (non-hydrogen) atoms. The molecule has 0 bridgehead atoms. The highest BCUT2D eigenvalue weighted by Gasteiger charge is 2.08. The molecule has 0 saturated heterocycles. The van der Waals surface area contributed by atoms with Gasteiger partial charge in [-0.05, 0) is 36.4 Å².